The molecule has 0 bridgehead atoms. The molecule has 1 amide bonds. The van der Waals surface area contributed by atoms with Gasteiger partial charge in [0.1, 0.15) is 73.2 Å². The van der Waals surface area contributed by atoms with E-state index in [0.29, 0.717) is 12.8 Å². The van der Waals surface area contributed by atoms with E-state index in [0.717, 1.165) is 116 Å². The van der Waals surface area contributed by atoms with Gasteiger partial charge in [0.15, 0.2) is 18.9 Å². The van der Waals surface area contributed by atoms with Crippen molar-refractivity contribution in [2.75, 3.05) is 26.4 Å². The van der Waals surface area contributed by atoms with E-state index in [4.69, 9.17) is 28.4 Å². The number of ether oxygens (including phenoxy) is 6. The maximum absolute atomic E-state index is 13.5. The highest BCUT2D eigenvalue weighted by Crippen LogP contribution is 2.33. The quantitative estimate of drug-likeness (QED) is 0.0199. The predicted molar refractivity (Wildman–Crippen MR) is 401 cm³/mol. The molecule has 3 saturated heterocycles. The third-order valence-corrected chi connectivity index (χ3v) is 19.1. The molecule has 0 radical (unpaired) electrons. The number of aliphatic hydroxyl groups is 11. The molecule has 3 fully saturated rings. The summed E-state index contributed by atoms with van der Waals surface area (Å²) >= 11 is 0. The third kappa shape index (κ3) is 41.8. The number of rotatable bonds is 61. The first-order valence-corrected chi connectivity index (χ1v) is 39.6. The fourth-order valence-electron chi connectivity index (χ4n) is 12.8. The van der Waals surface area contributed by atoms with Gasteiger partial charge >= 0.3 is 0 Å². The molecule has 101 heavy (non-hydrogen) atoms. The van der Waals surface area contributed by atoms with Gasteiger partial charge in [-0.2, -0.15) is 0 Å². The molecule has 12 N–H and O–H groups in total. The van der Waals surface area contributed by atoms with E-state index in [1.807, 2.05) is 0 Å². The van der Waals surface area contributed by atoms with Gasteiger partial charge in [0.25, 0.3) is 0 Å². The van der Waals surface area contributed by atoms with Crippen molar-refractivity contribution in [1.29, 1.82) is 0 Å². The summed E-state index contributed by atoms with van der Waals surface area (Å²) in [7, 11) is 0. The summed E-state index contributed by atoms with van der Waals surface area (Å²) in [6, 6.07) is -0.896. The van der Waals surface area contributed by atoms with Crippen molar-refractivity contribution in [2.45, 2.75) is 375 Å². The minimum absolute atomic E-state index is 0.248. The van der Waals surface area contributed by atoms with Crippen LogP contribution in [0.2, 0.25) is 0 Å². The largest absolute Gasteiger partial charge is 0.394 e. The summed E-state index contributed by atoms with van der Waals surface area (Å²) in [5, 5.41) is 121. The molecular weight excluding hydrogens is 1290 g/mol. The zero-order valence-electron chi connectivity index (χ0n) is 62.1. The Hall–Kier alpha value is -3.55. The maximum Gasteiger partial charge on any atom is 0.220 e. The fraction of sp³-hybridized carbons (Fsp3) is 0.768. The molecule has 0 aromatic carbocycles. The van der Waals surface area contributed by atoms with Crippen LogP contribution in [0.5, 0.6) is 0 Å². The first kappa shape index (κ1) is 91.7. The molecule has 0 spiro atoms. The van der Waals surface area contributed by atoms with Crippen LogP contribution in [0.15, 0.2) is 109 Å². The van der Waals surface area contributed by atoms with Crippen LogP contribution in [0.3, 0.4) is 0 Å². The van der Waals surface area contributed by atoms with Crippen LogP contribution < -0.4 is 5.32 Å². The summed E-state index contributed by atoms with van der Waals surface area (Å²) in [6.07, 6.45) is 57.4. The Balaban J connectivity index is 1.33. The van der Waals surface area contributed by atoms with Gasteiger partial charge in [0.2, 0.25) is 5.91 Å². The van der Waals surface area contributed by atoms with Crippen LogP contribution in [0.25, 0.3) is 0 Å². The molecule has 3 rings (SSSR count). The van der Waals surface area contributed by atoms with Crippen molar-refractivity contribution < 1.29 is 89.4 Å². The number of aliphatic hydroxyl groups excluding tert-OH is 11. The molecule has 0 saturated carbocycles. The molecule has 3 aliphatic heterocycles. The smallest absolute Gasteiger partial charge is 0.220 e. The second-order valence-corrected chi connectivity index (χ2v) is 27.8. The van der Waals surface area contributed by atoms with E-state index in [9.17, 15) is 61.0 Å². The van der Waals surface area contributed by atoms with E-state index in [2.05, 4.69) is 129 Å². The Kier molecular flexibility index (Phi) is 55.9. The number of nitrogens with one attached hydrogen (secondary N) is 1. The predicted octanol–water partition coefficient (Wildman–Crippen LogP) is 12.9. The van der Waals surface area contributed by atoms with Crippen molar-refractivity contribution in [3.63, 3.8) is 0 Å². The summed E-state index contributed by atoms with van der Waals surface area (Å²) in [5.74, 6) is -0.248. The molecule has 19 heteroatoms. The highest BCUT2D eigenvalue weighted by Gasteiger charge is 2.54. The molecule has 17 unspecified atom stereocenters. The average Bonchev–Trinajstić information content (AvgIpc) is 0.792. The summed E-state index contributed by atoms with van der Waals surface area (Å²) in [6.45, 7) is 1.69. The van der Waals surface area contributed by atoms with E-state index >= 15 is 0 Å². The van der Waals surface area contributed by atoms with Gasteiger partial charge in [-0.3, -0.25) is 4.79 Å². The fourth-order valence-corrected chi connectivity index (χ4v) is 12.8. The lowest BCUT2D eigenvalue weighted by molar-refractivity contribution is -0.379. The van der Waals surface area contributed by atoms with Gasteiger partial charge in [-0.25, -0.2) is 0 Å². The van der Waals surface area contributed by atoms with Crippen LogP contribution in [0.4, 0.5) is 0 Å². The van der Waals surface area contributed by atoms with Crippen LogP contribution >= 0.6 is 0 Å². The summed E-state index contributed by atoms with van der Waals surface area (Å²) in [5.41, 5.74) is 0. The molecule has 0 aromatic rings. The van der Waals surface area contributed by atoms with E-state index < -0.39 is 124 Å². The number of hydrogen-bond donors (Lipinski definition) is 12. The van der Waals surface area contributed by atoms with Gasteiger partial charge in [-0.05, 0) is 83.5 Å². The standard InChI is InChI=1S/C82H141NO18/c1-3-5-7-9-11-13-15-17-19-21-22-23-24-25-26-27-28-29-30-31-32-33-34-35-36-37-38-39-40-41-42-44-46-48-50-52-54-56-58-60-70(88)83-65(66(87)59-57-55-53-51-49-47-45-43-20-18-16-14-12-10-8-6-4-2)64-96-80-76(94)73(91)78(68(62-85)98-80)101-82-77(95)74(92)79(69(63-86)99-82)100-81-75(93)72(90)71(89)67(61-84)97-81/h5,7,11,13,17,19,22-23,25-26,28-29,31-32,34-35,37-38,65-69,71-82,84-87,89-95H,3-4,6,8-10,12,14-16,18,20-21,24,27,30,33,36,39-64H2,1-2H3,(H,83,88)/b7-5-,13-11-,19-17-,23-22-,26-25-,29-28-,32-31-,35-34-,38-37-. The normalized spacial score (nSPS) is 26.9. The minimum Gasteiger partial charge on any atom is -0.394 e. The molecule has 3 heterocycles. The first-order valence-electron chi connectivity index (χ1n) is 39.6. The van der Waals surface area contributed by atoms with Crippen molar-refractivity contribution in [3.05, 3.63) is 109 Å². The number of amides is 1. The number of unbranched alkanes of at least 4 members (excludes halogenated alkanes) is 27. The topological polar surface area (TPSA) is 307 Å². The first-order chi connectivity index (χ1) is 49.3. The Morgan fingerprint density at radius 2 is 0.683 bits per heavy atom. The monoisotopic (exact) mass is 1430 g/mol. The lowest BCUT2D eigenvalue weighted by atomic mass is 9.96. The highest BCUT2D eigenvalue weighted by atomic mass is 16.8. The third-order valence-electron chi connectivity index (χ3n) is 19.1. The van der Waals surface area contributed by atoms with E-state index in [1.165, 1.54) is 122 Å². The number of carbonyl (C=O) groups excluding carboxylic acids is 1. The van der Waals surface area contributed by atoms with Gasteiger partial charge in [0.05, 0.1) is 38.6 Å². The van der Waals surface area contributed by atoms with Gasteiger partial charge in [-0.1, -0.05) is 290 Å². The maximum atomic E-state index is 13.5. The molecule has 3 aliphatic rings. The molecule has 582 valence electrons. The SMILES string of the molecule is CC/C=C\C/C=C\C/C=C\C/C=C\C/C=C\C/C=C\C/C=C\C/C=C\C/C=C\CCCCCCCCCCCCCC(=O)NC(COC1OC(CO)C(OC2OC(CO)C(OC3OC(CO)C(O)C(O)C3O)C(O)C2O)C(O)C1O)C(O)CCCCCCCCCCCCCCCCCCC. The highest BCUT2D eigenvalue weighted by molar-refractivity contribution is 5.76. The summed E-state index contributed by atoms with van der Waals surface area (Å²) in [4.78, 5) is 13.5. The van der Waals surface area contributed by atoms with Crippen LogP contribution in [0.1, 0.15) is 271 Å². The Morgan fingerprint density at radius 3 is 1.07 bits per heavy atom. The van der Waals surface area contributed by atoms with Crippen molar-refractivity contribution in [2.24, 2.45) is 0 Å². The zero-order chi connectivity index (χ0) is 73.2. The average molecular weight is 1430 g/mol. The van der Waals surface area contributed by atoms with Crippen molar-refractivity contribution >= 4 is 5.91 Å². The van der Waals surface area contributed by atoms with Gasteiger partial charge in [0, 0.05) is 6.42 Å². The second kappa shape index (κ2) is 61.6. The lowest BCUT2D eigenvalue weighted by Gasteiger charge is -2.48. The van der Waals surface area contributed by atoms with E-state index in [1.54, 1.807) is 0 Å². The Morgan fingerprint density at radius 1 is 0.366 bits per heavy atom. The Bertz CT molecular complexity index is 2250. The van der Waals surface area contributed by atoms with Crippen LogP contribution in [-0.4, -0.2) is 193 Å². The number of allylic oxidation sites excluding steroid dienone is 18. The van der Waals surface area contributed by atoms with Gasteiger partial charge in [-0.15, -0.1) is 0 Å². The minimum atomic E-state index is -1.98. The molecular formula is C82H141NO18. The number of carbonyl (C=O) groups is 1. The Labute approximate surface area is 608 Å². The van der Waals surface area contributed by atoms with Crippen molar-refractivity contribution in [3.8, 4) is 0 Å². The second-order valence-electron chi connectivity index (χ2n) is 27.8. The van der Waals surface area contributed by atoms with Crippen LogP contribution in [0, 0.1) is 0 Å². The summed E-state index contributed by atoms with van der Waals surface area (Å²) < 4.78 is 34.5. The van der Waals surface area contributed by atoms with Crippen LogP contribution in [-0.2, 0) is 33.2 Å². The van der Waals surface area contributed by atoms with Gasteiger partial charge < -0.3 is 89.9 Å². The lowest BCUT2D eigenvalue weighted by Crippen LogP contribution is -2.66. The zero-order valence-corrected chi connectivity index (χ0v) is 62.1. The van der Waals surface area contributed by atoms with E-state index in [-0.39, 0.29) is 18.9 Å². The molecule has 17 atom stereocenters. The van der Waals surface area contributed by atoms with Crippen molar-refractivity contribution in [1.82, 2.24) is 5.32 Å². The molecule has 0 aliphatic carbocycles. The molecule has 0 aromatic heterocycles. The molecule has 19 nitrogen and oxygen atoms in total. The number of hydrogen-bond acceptors (Lipinski definition) is 18.